The van der Waals surface area contributed by atoms with Gasteiger partial charge in [0, 0.05) is 17.8 Å². The van der Waals surface area contributed by atoms with Gasteiger partial charge in [-0.15, -0.1) is 0 Å². The molecule has 2 unspecified atom stereocenters. The summed E-state index contributed by atoms with van der Waals surface area (Å²) in [6.07, 6.45) is 7.62. The second-order valence-electron chi connectivity index (χ2n) is 5.06. The number of nitro groups is 1. The fourth-order valence-corrected chi connectivity index (χ4v) is 3.51. The lowest BCUT2D eigenvalue weighted by Gasteiger charge is -2.19. The Bertz CT molecular complexity index is 499. The van der Waals surface area contributed by atoms with Crippen molar-refractivity contribution in [1.29, 1.82) is 0 Å². The van der Waals surface area contributed by atoms with Gasteiger partial charge in [0.05, 0.1) is 4.92 Å². The van der Waals surface area contributed by atoms with Crippen LogP contribution in [0.5, 0.6) is 0 Å². The van der Waals surface area contributed by atoms with Crippen LogP contribution in [0.15, 0.2) is 6.33 Å². The molecule has 0 aliphatic heterocycles. The number of rotatable bonds is 7. The molecular weight excluding hydrogens is 290 g/mol. The van der Waals surface area contributed by atoms with E-state index in [1.807, 2.05) is 6.92 Å². The van der Waals surface area contributed by atoms with Crippen molar-refractivity contribution < 1.29 is 4.92 Å². The monoisotopic (exact) mass is 311 g/mol. The van der Waals surface area contributed by atoms with Crippen LogP contribution in [0.1, 0.15) is 32.6 Å². The van der Waals surface area contributed by atoms with Crippen LogP contribution < -0.4 is 10.6 Å². The van der Waals surface area contributed by atoms with Gasteiger partial charge in [0.2, 0.25) is 11.6 Å². The average Bonchev–Trinajstić information content (AvgIpc) is 2.92. The number of thioether (sulfide) groups is 1. The predicted octanol–water partition coefficient (Wildman–Crippen LogP) is 2.90. The molecule has 7 nitrogen and oxygen atoms in total. The van der Waals surface area contributed by atoms with Gasteiger partial charge in [-0.1, -0.05) is 13.3 Å². The molecule has 2 rings (SSSR count). The molecule has 0 radical (unpaired) electrons. The maximum atomic E-state index is 11.4. The van der Waals surface area contributed by atoms with Crippen molar-refractivity contribution in [3.63, 3.8) is 0 Å². The van der Waals surface area contributed by atoms with Crippen molar-refractivity contribution in [2.24, 2.45) is 0 Å². The zero-order chi connectivity index (χ0) is 15.2. The standard InChI is InChI=1S/C13H21N5O2S/c1-3-7-14-12-11(18(19)20)13(16-8-15-12)17-9-5-4-6-10(9)21-2/h8-10H,3-7H2,1-2H3,(H2,14,15,16,17). The van der Waals surface area contributed by atoms with Gasteiger partial charge in [0.1, 0.15) is 6.33 Å². The van der Waals surface area contributed by atoms with Gasteiger partial charge in [0.25, 0.3) is 0 Å². The van der Waals surface area contributed by atoms with Crippen molar-refractivity contribution in [3.05, 3.63) is 16.4 Å². The van der Waals surface area contributed by atoms with Crippen LogP contribution in [0.2, 0.25) is 0 Å². The van der Waals surface area contributed by atoms with E-state index < -0.39 is 4.92 Å². The molecule has 1 aromatic rings. The topological polar surface area (TPSA) is 93.0 Å². The minimum atomic E-state index is -0.413. The Morgan fingerprint density at radius 3 is 2.86 bits per heavy atom. The molecule has 0 aromatic carbocycles. The molecule has 2 atom stereocenters. The predicted molar refractivity (Wildman–Crippen MR) is 86.0 cm³/mol. The fourth-order valence-electron chi connectivity index (χ4n) is 2.58. The third-order valence-corrected chi connectivity index (χ3v) is 4.79. The van der Waals surface area contributed by atoms with Crippen molar-refractivity contribution in [2.45, 2.75) is 43.9 Å². The molecule has 0 bridgehead atoms. The molecule has 0 saturated heterocycles. The molecular formula is C13H21N5O2S. The first-order valence-electron chi connectivity index (χ1n) is 7.20. The Labute approximate surface area is 128 Å². The van der Waals surface area contributed by atoms with Crippen molar-refractivity contribution in [2.75, 3.05) is 23.4 Å². The highest BCUT2D eigenvalue weighted by atomic mass is 32.2. The lowest BCUT2D eigenvalue weighted by molar-refractivity contribution is -0.383. The minimum Gasteiger partial charge on any atom is -0.364 e. The van der Waals surface area contributed by atoms with Gasteiger partial charge in [-0.3, -0.25) is 10.1 Å². The van der Waals surface area contributed by atoms with Crippen LogP contribution >= 0.6 is 11.8 Å². The third-order valence-electron chi connectivity index (χ3n) is 3.62. The summed E-state index contributed by atoms with van der Waals surface area (Å²) in [5.74, 6) is 0.609. The molecule has 2 N–H and O–H groups in total. The highest BCUT2D eigenvalue weighted by Gasteiger charge is 2.30. The summed E-state index contributed by atoms with van der Waals surface area (Å²) in [7, 11) is 0. The van der Waals surface area contributed by atoms with Crippen molar-refractivity contribution >= 4 is 29.1 Å². The Kier molecular flexibility index (Phi) is 5.60. The number of anilines is 2. The van der Waals surface area contributed by atoms with E-state index in [1.165, 1.54) is 6.33 Å². The number of nitrogens with one attached hydrogen (secondary N) is 2. The second-order valence-corrected chi connectivity index (χ2v) is 6.14. The number of nitrogens with zero attached hydrogens (tertiary/aromatic N) is 3. The molecule has 1 heterocycles. The Hall–Kier alpha value is -1.57. The summed E-state index contributed by atoms with van der Waals surface area (Å²) in [5.41, 5.74) is -0.0577. The molecule has 1 fully saturated rings. The number of hydrogen-bond donors (Lipinski definition) is 2. The zero-order valence-electron chi connectivity index (χ0n) is 12.3. The SMILES string of the molecule is CCCNc1ncnc(NC2CCCC2SC)c1[N+](=O)[O-]. The molecule has 1 aromatic heterocycles. The largest absolute Gasteiger partial charge is 0.364 e. The van der Waals surface area contributed by atoms with E-state index in [0.29, 0.717) is 17.6 Å². The molecule has 1 aliphatic rings. The van der Waals surface area contributed by atoms with E-state index in [1.54, 1.807) is 11.8 Å². The number of hydrogen-bond acceptors (Lipinski definition) is 7. The molecule has 1 saturated carbocycles. The quantitative estimate of drug-likeness (QED) is 0.590. The van der Waals surface area contributed by atoms with E-state index in [9.17, 15) is 10.1 Å². The highest BCUT2D eigenvalue weighted by Crippen LogP contribution is 2.34. The average molecular weight is 311 g/mol. The molecule has 0 amide bonds. The first kappa shape index (κ1) is 15.8. The van der Waals surface area contributed by atoms with E-state index in [4.69, 9.17) is 0 Å². The van der Waals surface area contributed by atoms with Crippen molar-refractivity contribution in [1.82, 2.24) is 9.97 Å². The normalized spacial score (nSPS) is 21.2. The summed E-state index contributed by atoms with van der Waals surface area (Å²) in [6.45, 7) is 2.65. The second kappa shape index (κ2) is 7.44. The Morgan fingerprint density at radius 1 is 1.43 bits per heavy atom. The summed E-state index contributed by atoms with van der Waals surface area (Å²) in [5, 5.41) is 18.1. The zero-order valence-corrected chi connectivity index (χ0v) is 13.2. The first-order chi connectivity index (χ1) is 10.2. The smallest absolute Gasteiger partial charge is 0.353 e. The van der Waals surface area contributed by atoms with E-state index in [2.05, 4.69) is 26.9 Å². The van der Waals surface area contributed by atoms with Crippen LogP contribution in [0.3, 0.4) is 0 Å². The van der Waals surface area contributed by atoms with Crippen LogP contribution in [-0.4, -0.2) is 39.0 Å². The van der Waals surface area contributed by atoms with E-state index in [0.717, 1.165) is 25.7 Å². The molecule has 116 valence electrons. The van der Waals surface area contributed by atoms with Crippen LogP contribution in [-0.2, 0) is 0 Å². The van der Waals surface area contributed by atoms with Gasteiger partial charge in [-0.2, -0.15) is 11.8 Å². The van der Waals surface area contributed by atoms with Crippen molar-refractivity contribution in [3.8, 4) is 0 Å². The minimum absolute atomic E-state index is 0.0577. The van der Waals surface area contributed by atoms with Gasteiger partial charge in [0.15, 0.2) is 0 Å². The van der Waals surface area contributed by atoms with Gasteiger partial charge >= 0.3 is 5.69 Å². The van der Waals surface area contributed by atoms with Crippen LogP contribution in [0, 0.1) is 10.1 Å². The summed E-state index contributed by atoms with van der Waals surface area (Å²) >= 11 is 1.80. The fraction of sp³-hybridized carbons (Fsp3) is 0.692. The number of aromatic nitrogens is 2. The Morgan fingerprint density at radius 2 is 2.19 bits per heavy atom. The molecule has 21 heavy (non-hydrogen) atoms. The summed E-state index contributed by atoms with van der Waals surface area (Å²) in [4.78, 5) is 19.0. The maximum Gasteiger partial charge on any atom is 0.353 e. The lowest BCUT2D eigenvalue weighted by atomic mass is 10.2. The summed E-state index contributed by atoms with van der Waals surface area (Å²) in [6, 6.07) is 0.229. The Balaban J connectivity index is 2.23. The molecule has 1 aliphatic carbocycles. The highest BCUT2D eigenvalue weighted by molar-refractivity contribution is 7.99. The van der Waals surface area contributed by atoms with E-state index >= 15 is 0 Å². The third kappa shape index (κ3) is 3.75. The first-order valence-corrected chi connectivity index (χ1v) is 8.48. The molecule has 8 heteroatoms. The van der Waals surface area contributed by atoms with Gasteiger partial charge in [-0.05, 0) is 25.5 Å². The summed E-state index contributed by atoms with van der Waals surface area (Å²) < 4.78 is 0. The molecule has 0 spiro atoms. The van der Waals surface area contributed by atoms with Crippen LogP contribution in [0.4, 0.5) is 17.3 Å². The lowest BCUT2D eigenvalue weighted by Crippen LogP contribution is -2.27. The maximum absolute atomic E-state index is 11.4. The van der Waals surface area contributed by atoms with Gasteiger partial charge in [-0.25, -0.2) is 9.97 Å². The van der Waals surface area contributed by atoms with Crippen LogP contribution in [0.25, 0.3) is 0 Å². The van der Waals surface area contributed by atoms with E-state index in [-0.39, 0.29) is 17.5 Å². The van der Waals surface area contributed by atoms with Gasteiger partial charge < -0.3 is 10.6 Å².